The number of aliphatic hydroxyl groups is 1. The van der Waals surface area contributed by atoms with E-state index >= 15 is 0 Å². The van der Waals surface area contributed by atoms with Crippen molar-refractivity contribution in [2.45, 2.75) is 82.8 Å². The van der Waals surface area contributed by atoms with E-state index in [1.807, 2.05) is 24.3 Å². The molecule has 5 amide bonds. The van der Waals surface area contributed by atoms with Crippen LogP contribution >= 0.6 is 0 Å². The van der Waals surface area contributed by atoms with Gasteiger partial charge in [0.1, 0.15) is 36.0 Å². The van der Waals surface area contributed by atoms with Gasteiger partial charge in [0.15, 0.2) is 0 Å². The topological polar surface area (TPSA) is 279 Å². The largest absolute Gasteiger partial charge is 0.508 e. The Morgan fingerprint density at radius 3 is 1.96 bits per heavy atom. The molecule has 16 nitrogen and oxygen atoms in total. The Morgan fingerprint density at radius 2 is 1.36 bits per heavy atom. The Kier molecular flexibility index (Phi) is 13.9. The van der Waals surface area contributed by atoms with Crippen molar-refractivity contribution < 1.29 is 44.1 Å². The number of carboxylic acids is 1. The van der Waals surface area contributed by atoms with Crippen molar-refractivity contribution in [1.29, 1.82) is 0 Å². The highest BCUT2D eigenvalue weighted by Gasteiger charge is 2.34. The molecule has 0 aliphatic carbocycles. The predicted molar refractivity (Wildman–Crippen MR) is 182 cm³/mol. The molecule has 6 atom stereocenters. The molecule has 0 spiro atoms. The molecule has 0 unspecified atom stereocenters. The molecule has 12 N–H and O–H groups in total. The van der Waals surface area contributed by atoms with Gasteiger partial charge < -0.3 is 53.0 Å². The molecule has 270 valence electrons. The lowest BCUT2D eigenvalue weighted by atomic mass is 9.99. The van der Waals surface area contributed by atoms with Crippen molar-refractivity contribution in [2.24, 2.45) is 17.4 Å². The van der Waals surface area contributed by atoms with Gasteiger partial charge in [0.25, 0.3) is 0 Å². The summed E-state index contributed by atoms with van der Waals surface area (Å²) in [6, 6.07) is 6.51. The maximum Gasteiger partial charge on any atom is 0.326 e. The number of aliphatic carboxylic acids is 1. The Morgan fingerprint density at radius 1 is 0.780 bits per heavy atom. The molecular weight excluding hydrogens is 650 g/mol. The van der Waals surface area contributed by atoms with Crippen molar-refractivity contribution >= 4 is 46.4 Å². The molecule has 2 aromatic carbocycles. The zero-order valence-electron chi connectivity index (χ0n) is 28.0. The van der Waals surface area contributed by atoms with E-state index in [9.17, 15) is 44.1 Å². The smallest absolute Gasteiger partial charge is 0.326 e. The molecule has 0 saturated carbocycles. The van der Waals surface area contributed by atoms with E-state index in [2.05, 4.69) is 26.3 Å². The van der Waals surface area contributed by atoms with Gasteiger partial charge in [0, 0.05) is 36.4 Å². The second-order valence-corrected chi connectivity index (χ2v) is 12.5. The van der Waals surface area contributed by atoms with E-state index in [-0.39, 0.29) is 31.4 Å². The molecule has 0 fully saturated rings. The molecule has 0 aliphatic rings. The van der Waals surface area contributed by atoms with Crippen LogP contribution in [-0.4, -0.2) is 92.1 Å². The standard InChI is InChI=1S/C34H45N7O9/c1-17(2)29(33(48)38-24(34(49)50)12-13-27(35)44)41-31(46)25(14-19-8-10-21(43)11-9-19)39-30(45)26(40-32(47)28(36)18(3)42)15-20-16-37-23-7-5-4-6-22(20)23/h4-11,16-18,24-26,28-29,37,42-43H,12-15,36H2,1-3H3,(H2,35,44)(H,38,48)(H,39,45)(H,40,47)(H,41,46)(H,49,50)/t18-,24+,25+,26+,28+,29+/m1/s1. The number of aromatic hydroxyl groups is 1. The van der Waals surface area contributed by atoms with Crippen LogP contribution in [0.15, 0.2) is 54.7 Å². The minimum absolute atomic E-state index is 0.0272. The average molecular weight is 696 g/mol. The number of aromatic nitrogens is 1. The minimum Gasteiger partial charge on any atom is -0.508 e. The summed E-state index contributed by atoms with van der Waals surface area (Å²) in [6.07, 6.45) is -0.240. The number of nitrogens with one attached hydrogen (secondary N) is 5. The number of nitrogens with two attached hydrogens (primary N) is 2. The monoisotopic (exact) mass is 695 g/mol. The second-order valence-electron chi connectivity index (χ2n) is 12.5. The zero-order chi connectivity index (χ0) is 37.1. The van der Waals surface area contributed by atoms with E-state index in [0.29, 0.717) is 11.1 Å². The Balaban J connectivity index is 1.91. The third-order valence-electron chi connectivity index (χ3n) is 8.10. The number of amides is 5. The molecule has 1 aromatic heterocycles. The summed E-state index contributed by atoms with van der Waals surface area (Å²) in [4.78, 5) is 80.1. The van der Waals surface area contributed by atoms with Gasteiger partial charge in [-0.15, -0.1) is 0 Å². The zero-order valence-corrected chi connectivity index (χ0v) is 28.0. The average Bonchev–Trinajstić information content (AvgIpc) is 3.47. The first-order valence-corrected chi connectivity index (χ1v) is 16.1. The number of aliphatic hydroxyl groups excluding tert-OH is 1. The number of aromatic amines is 1. The molecule has 16 heteroatoms. The van der Waals surface area contributed by atoms with Crippen molar-refractivity contribution in [3.05, 3.63) is 65.9 Å². The SMILES string of the molecule is CC(C)[C@H](NC(=O)[C@H](Cc1ccc(O)cc1)NC(=O)[C@H](Cc1c[nH]c2ccccc12)NC(=O)[C@@H](N)[C@@H](C)O)C(=O)N[C@@H](CCC(N)=O)C(=O)O. The number of fused-ring (bicyclic) bond motifs is 1. The first kappa shape index (κ1) is 39.0. The summed E-state index contributed by atoms with van der Waals surface area (Å²) in [6.45, 7) is 4.57. The summed E-state index contributed by atoms with van der Waals surface area (Å²) in [5.41, 5.74) is 13.0. The summed E-state index contributed by atoms with van der Waals surface area (Å²) < 4.78 is 0. The fourth-order valence-electron chi connectivity index (χ4n) is 5.16. The van der Waals surface area contributed by atoms with Crippen LogP contribution in [0.2, 0.25) is 0 Å². The van der Waals surface area contributed by atoms with Gasteiger partial charge in [-0.3, -0.25) is 24.0 Å². The number of primary amides is 1. The second kappa shape index (κ2) is 17.8. The lowest BCUT2D eigenvalue weighted by Gasteiger charge is -2.28. The normalized spacial score (nSPS) is 14.8. The number of phenolic OH excluding ortho intramolecular Hbond substituents is 1. The fraction of sp³-hybridized carbons (Fsp3) is 0.412. The van der Waals surface area contributed by atoms with Crippen molar-refractivity contribution in [1.82, 2.24) is 26.3 Å². The van der Waals surface area contributed by atoms with Crippen LogP contribution in [-0.2, 0) is 41.6 Å². The van der Waals surface area contributed by atoms with Crippen LogP contribution in [0.25, 0.3) is 10.9 Å². The number of hydrogen-bond acceptors (Lipinski definition) is 9. The number of H-pyrrole nitrogens is 1. The molecule has 0 bridgehead atoms. The van der Waals surface area contributed by atoms with Gasteiger partial charge in [0.05, 0.1) is 6.10 Å². The Labute approximate surface area is 288 Å². The first-order valence-electron chi connectivity index (χ1n) is 16.1. The van der Waals surface area contributed by atoms with E-state index in [1.165, 1.54) is 31.2 Å². The third-order valence-corrected chi connectivity index (χ3v) is 8.10. The number of rotatable bonds is 18. The van der Waals surface area contributed by atoms with E-state index in [0.717, 1.165) is 10.9 Å². The van der Waals surface area contributed by atoms with Gasteiger partial charge in [-0.05, 0) is 48.6 Å². The van der Waals surface area contributed by atoms with Crippen LogP contribution in [0.1, 0.15) is 44.7 Å². The van der Waals surface area contributed by atoms with Crippen LogP contribution in [0, 0.1) is 5.92 Å². The van der Waals surface area contributed by atoms with Crippen LogP contribution < -0.4 is 32.7 Å². The van der Waals surface area contributed by atoms with Crippen LogP contribution in [0.5, 0.6) is 5.75 Å². The van der Waals surface area contributed by atoms with E-state index in [1.54, 1.807) is 20.0 Å². The Bertz CT molecular complexity index is 1670. The number of carbonyl (C=O) groups excluding carboxylic acids is 5. The number of carbonyl (C=O) groups is 6. The van der Waals surface area contributed by atoms with E-state index in [4.69, 9.17) is 11.5 Å². The van der Waals surface area contributed by atoms with Gasteiger partial charge in [-0.1, -0.05) is 44.2 Å². The van der Waals surface area contributed by atoms with Gasteiger partial charge >= 0.3 is 5.97 Å². The summed E-state index contributed by atoms with van der Waals surface area (Å²) in [7, 11) is 0. The molecular formula is C34H45N7O9. The maximum absolute atomic E-state index is 14.0. The lowest BCUT2D eigenvalue weighted by molar-refractivity contribution is -0.143. The molecule has 3 rings (SSSR count). The molecule has 0 radical (unpaired) electrons. The molecule has 50 heavy (non-hydrogen) atoms. The number of carboxylic acid groups (broad SMARTS) is 1. The van der Waals surface area contributed by atoms with Crippen molar-refractivity contribution in [3.8, 4) is 5.75 Å². The molecule has 3 aromatic rings. The Hall–Kier alpha value is -5.48. The van der Waals surface area contributed by atoms with Crippen LogP contribution in [0.4, 0.5) is 0 Å². The van der Waals surface area contributed by atoms with Gasteiger partial charge in [0.2, 0.25) is 29.5 Å². The first-order chi connectivity index (χ1) is 23.6. The molecule has 1 heterocycles. The minimum atomic E-state index is -1.46. The molecule has 0 saturated heterocycles. The van der Waals surface area contributed by atoms with E-state index < -0.39 is 77.7 Å². The van der Waals surface area contributed by atoms with Crippen molar-refractivity contribution in [3.63, 3.8) is 0 Å². The maximum atomic E-state index is 14.0. The highest BCUT2D eigenvalue weighted by atomic mass is 16.4. The predicted octanol–water partition coefficient (Wildman–Crippen LogP) is -0.688. The highest BCUT2D eigenvalue weighted by Crippen LogP contribution is 2.20. The highest BCUT2D eigenvalue weighted by molar-refractivity contribution is 5.96. The van der Waals surface area contributed by atoms with Crippen LogP contribution in [0.3, 0.4) is 0 Å². The summed E-state index contributed by atoms with van der Waals surface area (Å²) >= 11 is 0. The quantitative estimate of drug-likeness (QED) is 0.0800. The number of para-hydroxylation sites is 1. The lowest BCUT2D eigenvalue weighted by Crippen LogP contribution is -2.60. The number of benzene rings is 2. The fourth-order valence-corrected chi connectivity index (χ4v) is 5.16. The molecule has 0 aliphatic heterocycles. The number of hydrogen-bond donors (Lipinski definition) is 10. The van der Waals surface area contributed by atoms with Crippen molar-refractivity contribution in [2.75, 3.05) is 0 Å². The van der Waals surface area contributed by atoms with Gasteiger partial charge in [-0.25, -0.2) is 4.79 Å². The van der Waals surface area contributed by atoms with Gasteiger partial charge in [-0.2, -0.15) is 0 Å². The number of phenols is 1. The summed E-state index contributed by atoms with van der Waals surface area (Å²) in [5, 5.41) is 40.2. The third kappa shape index (κ3) is 11.0. The summed E-state index contributed by atoms with van der Waals surface area (Å²) in [5.74, 6) is -5.95.